The van der Waals surface area contributed by atoms with E-state index >= 15 is 0 Å². The molecule has 2 aliphatic heterocycles. The van der Waals surface area contributed by atoms with Crippen LogP contribution in [-0.2, 0) is 19.4 Å². The van der Waals surface area contributed by atoms with Crippen molar-refractivity contribution in [3.8, 4) is 0 Å². The van der Waals surface area contributed by atoms with Crippen LogP contribution in [0.1, 0.15) is 26.2 Å². The summed E-state index contributed by atoms with van der Waals surface area (Å²) in [7, 11) is -2.88. The SMILES string of the molecule is CC(=O)SCC1CC(=O)N(C2CCS(=O)(=O)CC2)C1. The minimum Gasteiger partial charge on any atom is -0.339 e. The first-order valence-corrected chi connectivity index (χ1v) is 9.31. The average Bonchev–Trinajstić information content (AvgIpc) is 2.68. The number of rotatable bonds is 3. The molecule has 2 fully saturated rings. The molecule has 0 aromatic carbocycles. The van der Waals surface area contributed by atoms with Crippen molar-refractivity contribution in [1.82, 2.24) is 4.90 Å². The summed E-state index contributed by atoms with van der Waals surface area (Å²) in [4.78, 5) is 24.7. The van der Waals surface area contributed by atoms with Gasteiger partial charge in [-0.1, -0.05) is 11.8 Å². The van der Waals surface area contributed by atoms with Crippen LogP contribution in [0.15, 0.2) is 0 Å². The van der Waals surface area contributed by atoms with Gasteiger partial charge in [0.1, 0.15) is 9.84 Å². The van der Waals surface area contributed by atoms with Gasteiger partial charge in [0.25, 0.3) is 0 Å². The van der Waals surface area contributed by atoms with Crippen LogP contribution in [0.3, 0.4) is 0 Å². The van der Waals surface area contributed by atoms with Crippen molar-refractivity contribution in [1.29, 1.82) is 0 Å². The van der Waals surface area contributed by atoms with Crippen molar-refractivity contribution in [3.05, 3.63) is 0 Å². The summed E-state index contributed by atoms with van der Waals surface area (Å²) >= 11 is 1.27. The Morgan fingerprint density at radius 2 is 2.00 bits per heavy atom. The molecule has 1 amide bonds. The van der Waals surface area contributed by atoms with E-state index in [2.05, 4.69) is 0 Å². The predicted octanol–water partition coefficient (Wildman–Crippen LogP) is 0.692. The molecule has 2 rings (SSSR count). The first kappa shape index (κ1) is 14.8. The van der Waals surface area contributed by atoms with Gasteiger partial charge in [0.2, 0.25) is 5.91 Å². The Labute approximate surface area is 118 Å². The Morgan fingerprint density at radius 1 is 1.37 bits per heavy atom. The fourth-order valence-corrected chi connectivity index (χ4v) is 4.86. The first-order chi connectivity index (χ1) is 8.87. The van der Waals surface area contributed by atoms with Crippen molar-refractivity contribution in [2.75, 3.05) is 23.8 Å². The molecule has 2 heterocycles. The third kappa shape index (κ3) is 3.95. The van der Waals surface area contributed by atoms with E-state index in [1.807, 2.05) is 4.90 Å². The number of hydrogen-bond acceptors (Lipinski definition) is 5. The van der Waals surface area contributed by atoms with Gasteiger partial charge in [0.05, 0.1) is 11.5 Å². The van der Waals surface area contributed by atoms with Gasteiger partial charge < -0.3 is 4.90 Å². The third-order valence-electron chi connectivity index (χ3n) is 3.73. The van der Waals surface area contributed by atoms with Crippen molar-refractivity contribution in [3.63, 3.8) is 0 Å². The van der Waals surface area contributed by atoms with Crippen LogP contribution in [0.4, 0.5) is 0 Å². The van der Waals surface area contributed by atoms with Crippen LogP contribution in [-0.4, -0.2) is 54.2 Å². The summed E-state index contributed by atoms with van der Waals surface area (Å²) in [5, 5.41) is 0.0784. The molecular formula is C12H19NO4S2. The Kier molecular flexibility index (Phi) is 4.55. The van der Waals surface area contributed by atoms with Gasteiger partial charge in [-0.15, -0.1) is 0 Å². The molecule has 2 aliphatic rings. The number of nitrogens with zero attached hydrogens (tertiary/aromatic N) is 1. The minimum atomic E-state index is -2.88. The summed E-state index contributed by atoms with van der Waals surface area (Å²) in [6.07, 6.45) is 1.60. The lowest BCUT2D eigenvalue weighted by atomic mass is 10.1. The number of amides is 1. The van der Waals surface area contributed by atoms with E-state index in [0.717, 1.165) is 0 Å². The highest BCUT2D eigenvalue weighted by Crippen LogP contribution is 2.28. The molecule has 0 bridgehead atoms. The van der Waals surface area contributed by atoms with Crippen LogP contribution < -0.4 is 0 Å². The molecular weight excluding hydrogens is 286 g/mol. The molecule has 0 aromatic rings. The van der Waals surface area contributed by atoms with E-state index in [0.29, 0.717) is 31.6 Å². The summed E-state index contributed by atoms with van der Waals surface area (Å²) in [6.45, 7) is 2.20. The van der Waals surface area contributed by atoms with E-state index in [-0.39, 0.29) is 34.5 Å². The van der Waals surface area contributed by atoms with Crippen LogP contribution in [0, 0.1) is 5.92 Å². The Balaban J connectivity index is 1.88. The molecule has 5 nitrogen and oxygen atoms in total. The van der Waals surface area contributed by atoms with Gasteiger partial charge in [0.15, 0.2) is 5.12 Å². The Bertz CT molecular complexity index is 460. The molecule has 0 spiro atoms. The van der Waals surface area contributed by atoms with Crippen LogP contribution in [0.25, 0.3) is 0 Å². The fraction of sp³-hybridized carbons (Fsp3) is 0.833. The van der Waals surface area contributed by atoms with E-state index < -0.39 is 9.84 Å². The maximum Gasteiger partial charge on any atom is 0.223 e. The van der Waals surface area contributed by atoms with Gasteiger partial charge >= 0.3 is 0 Å². The zero-order chi connectivity index (χ0) is 14.0. The largest absolute Gasteiger partial charge is 0.339 e. The summed E-state index contributed by atoms with van der Waals surface area (Å²) in [6, 6.07) is 0.0725. The molecule has 1 atom stereocenters. The number of carbonyl (C=O) groups excluding carboxylic acids is 2. The maximum absolute atomic E-state index is 12.0. The quantitative estimate of drug-likeness (QED) is 0.767. The number of likely N-dealkylation sites (tertiary alicyclic amines) is 1. The van der Waals surface area contributed by atoms with E-state index in [9.17, 15) is 18.0 Å². The van der Waals surface area contributed by atoms with Gasteiger partial charge in [-0.05, 0) is 18.8 Å². The monoisotopic (exact) mass is 305 g/mol. The van der Waals surface area contributed by atoms with Crippen molar-refractivity contribution < 1.29 is 18.0 Å². The standard InChI is InChI=1S/C12H19NO4S2/c1-9(14)18-8-10-6-12(15)13(7-10)11-2-4-19(16,17)5-3-11/h10-11H,2-8H2,1H3. The zero-order valence-corrected chi connectivity index (χ0v) is 12.6. The predicted molar refractivity (Wildman–Crippen MR) is 74.6 cm³/mol. The second kappa shape index (κ2) is 5.83. The topological polar surface area (TPSA) is 71.5 Å². The lowest BCUT2D eigenvalue weighted by Gasteiger charge is -2.31. The highest BCUT2D eigenvalue weighted by Gasteiger charge is 2.36. The lowest BCUT2D eigenvalue weighted by Crippen LogP contribution is -2.42. The molecule has 1 unspecified atom stereocenters. The first-order valence-electron chi connectivity index (χ1n) is 6.50. The second-order valence-corrected chi connectivity index (χ2v) is 8.80. The normalized spacial score (nSPS) is 27.7. The molecule has 0 aromatic heterocycles. The average molecular weight is 305 g/mol. The zero-order valence-electron chi connectivity index (χ0n) is 11.0. The molecule has 2 saturated heterocycles. The van der Waals surface area contributed by atoms with Crippen molar-refractivity contribution >= 4 is 32.6 Å². The number of thioether (sulfide) groups is 1. The van der Waals surface area contributed by atoms with E-state index in [1.165, 1.54) is 18.7 Å². The van der Waals surface area contributed by atoms with Crippen LogP contribution in [0.5, 0.6) is 0 Å². The number of sulfone groups is 1. The van der Waals surface area contributed by atoms with E-state index in [4.69, 9.17) is 0 Å². The molecule has 108 valence electrons. The molecule has 0 N–H and O–H groups in total. The molecule has 19 heavy (non-hydrogen) atoms. The van der Waals surface area contributed by atoms with Crippen molar-refractivity contribution in [2.45, 2.75) is 32.2 Å². The molecule has 0 aliphatic carbocycles. The Morgan fingerprint density at radius 3 is 2.58 bits per heavy atom. The fourth-order valence-electron chi connectivity index (χ4n) is 2.70. The smallest absolute Gasteiger partial charge is 0.223 e. The molecule has 0 saturated carbocycles. The second-order valence-electron chi connectivity index (χ2n) is 5.30. The maximum atomic E-state index is 12.0. The van der Waals surface area contributed by atoms with Crippen molar-refractivity contribution in [2.24, 2.45) is 5.92 Å². The van der Waals surface area contributed by atoms with Gasteiger partial charge in [-0.2, -0.15) is 0 Å². The highest BCUT2D eigenvalue weighted by molar-refractivity contribution is 8.13. The summed E-state index contributed by atoms with van der Waals surface area (Å²) in [5.41, 5.74) is 0. The van der Waals surface area contributed by atoms with Crippen LogP contribution in [0.2, 0.25) is 0 Å². The van der Waals surface area contributed by atoms with Gasteiger partial charge in [-0.25, -0.2) is 8.42 Å². The third-order valence-corrected chi connectivity index (χ3v) is 6.49. The highest BCUT2D eigenvalue weighted by atomic mass is 32.2. The van der Waals surface area contributed by atoms with Crippen LogP contribution >= 0.6 is 11.8 Å². The number of carbonyl (C=O) groups is 2. The summed E-state index contributed by atoms with van der Waals surface area (Å²) in [5.74, 6) is 1.39. The van der Waals surface area contributed by atoms with Gasteiger partial charge in [-0.3, -0.25) is 9.59 Å². The summed E-state index contributed by atoms with van der Waals surface area (Å²) < 4.78 is 22.8. The minimum absolute atomic E-state index is 0.0725. The lowest BCUT2D eigenvalue weighted by molar-refractivity contribution is -0.129. The molecule has 7 heteroatoms. The van der Waals surface area contributed by atoms with E-state index in [1.54, 1.807) is 0 Å². The van der Waals surface area contributed by atoms with Gasteiger partial charge in [0, 0.05) is 31.7 Å². The Hall–Kier alpha value is -0.560. The number of hydrogen-bond donors (Lipinski definition) is 0. The molecule has 0 radical (unpaired) electrons.